The second kappa shape index (κ2) is 7.12. The molecule has 1 fully saturated rings. The molecular weight excluding hydrogens is 363 g/mol. The summed E-state index contributed by atoms with van der Waals surface area (Å²) < 4.78 is 21.4. The Morgan fingerprint density at radius 3 is 2.79 bits per heavy atom. The summed E-state index contributed by atoms with van der Waals surface area (Å²) >= 11 is 0. The molecule has 0 amide bonds. The van der Waals surface area contributed by atoms with Crippen LogP contribution in [-0.2, 0) is 0 Å². The molecule has 1 aliphatic rings. The van der Waals surface area contributed by atoms with Gasteiger partial charge >= 0.3 is 0 Å². The van der Waals surface area contributed by atoms with Crippen LogP contribution >= 0.6 is 0 Å². The number of rotatable bonds is 4. The largest absolute Gasteiger partial charge is 0.487 e. The van der Waals surface area contributed by atoms with Gasteiger partial charge in [-0.3, -0.25) is 0 Å². The minimum absolute atomic E-state index is 0.366. The monoisotopic (exact) mass is 386 g/mol. The van der Waals surface area contributed by atoms with Crippen LogP contribution in [0.1, 0.15) is 36.7 Å². The fourth-order valence-corrected chi connectivity index (χ4v) is 3.87. The summed E-state index contributed by atoms with van der Waals surface area (Å²) in [5, 5.41) is 22.1. The normalized spacial score (nSPS) is 25.9. The Bertz CT molecular complexity index is 1010. The second-order valence-electron chi connectivity index (χ2n) is 7.33. The van der Waals surface area contributed by atoms with Gasteiger partial charge in [0.1, 0.15) is 41.9 Å². The fraction of sp³-hybridized carbons (Fsp3) is 0.400. The van der Waals surface area contributed by atoms with Gasteiger partial charge in [0.2, 0.25) is 0 Å². The lowest BCUT2D eigenvalue weighted by atomic mass is 10.1. The lowest BCUT2D eigenvalue weighted by Crippen LogP contribution is -2.34. The highest BCUT2D eigenvalue weighted by Crippen LogP contribution is 2.37. The van der Waals surface area contributed by atoms with Crippen LogP contribution in [0.15, 0.2) is 36.8 Å². The number of aryl methyl sites for hydroxylation is 1. The highest BCUT2D eigenvalue weighted by molar-refractivity contribution is 5.78. The zero-order valence-electron chi connectivity index (χ0n) is 15.7. The van der Waals surface area contributed by atoms with E-state index < -0.39 is 36.2 Å². The van der Waals surface area contributed by atoms with Gasteiger partial charge in [-0.15, -0.1) is 0 Å². The molecule has 0 aliphatic heterocycles. The first-order chi connectivity index (χ1) is 13.4. The van der Waals surface area contributed by atoms with Crippen molar-refractivity contribution in [2.75, 3.05) is 0 Å². The number of fused-ring (bicyclic) bond motifs is 1. The minimum Gasteiger partial charge on any atom is -0.487 e. The third kappa shape index (κ3) is 3.13. The summed E-state index contributed by atoms with van der Waals surface area (Å²) in [6, 6.07) is 5.17. The summed E-state index contributed by atoms with van der Waals surface area (Å²) in [7, 11) is 0. The van der Waals surface area contributed by atoms with E-state index in [1.165, 1.54) is 24.5 Å². The number of hydrogen-bond acceptors (Lipinski definition) is 6. The maximum atomic E-state index is 13.6. The SMILES string of the molecule is Cc1ncnc2c1ccn2[C@@H]1C[C@H](Oc2ccc(F)cc2[C@@H](C)N)[C@@H](O)[C@H]1O. The van der Waals surface area contributed by atoms with Crippen molar-refractivity contribution in [3.8, 4) is 5.75 Å². The molecule has 4 rings (SSSR count). The number of hydrogen-bond donors (Lipinski definition) is 3. The van der Waals surface area contributed by atoms with Crippen LogP contribution < -0.4 is 10.5 Å². The molecule has 0 saturated heterocycles. The third-order valence-electron chi connectivity index (χ3n) is 5.41. The molecule has 1 aromatic carbocycles. The van der Waals surface area contributed by atoms with E-state index in [0.717, 1.165) is 11.1 Å². The van der Waals surface area contributed by atoms with Crippen LogP contribution in [-0.4, -0.2) is 43.1 Å². The van der Waals surface area contributed by atoms with Crippen molar-refractivity contribution < 1.29 is 19.3 Å². The summed E-state index contributed by atoms with van der Waals surface area (Å²) in [6.45, 7) is 3.63. The number of aromatic nitrogens is 3. The molecule has 0 unspecified atom stereocenters. The lowest BCUT2D eigenvalue weighted by Gasteiger charge is -2.21. The Labute approximate surface area is 161 Å². The predicted octanol–water partition coefficient (Wildman–Crippen LogP) is 2.01. The minimum atomic E-state index is -1.10. The van der Waals surface area contributed by atoms with Gasteiger partial charge in [0.15, 0.2) is 0 Å². The third-order valence-corrected chi connectivity index (χ3v) is 5.41. The summed E-state index contributed by atoms with van der Waals surface area (Å²) in [6.07, 6.45) is 0.883. The molecule has 2 heterocycles. The molecule has 1 aliphatic carbocycles. The van der Waals surface area contributed by atoms with Gasteiger partial charge in [0.25, 0.3) is 0 Å². The number of nitrogens with two attached hydrogens (primary N) is 1. The molecule has 8 heteroatoms. The zero-order chi connectivity index (χ0) is 20.0. The van der Waals surface area contributed by atoms with Crippen molar-refractivity contribution in [1.29, 1.82) is 0 Å². The van der Waals surface area contributed by atoms with E-state index in [4.69, 9.17) is 10.5 Å². The van der Waals surface area contributed by atoms with Crippen LogP contribution in [0.4, 0.5) is 4.39 Å². The summed E-state index contributed by atoms with van der Waals surface area (Å²) in [4.78, 5) is 8.50. The van der Waals surface area contributed by atoms with Crippen molar-refractivity contribution in [2.45, 2.75) is 50.7 Å². The molecule has 5 atom stereocenters. The molecule has 0 spiro atoms. The molecule has 1 saturated carbocycles. The highest BCUT2D eigenvalue weighted by atomic mass is 19.1. The maximum absolute atomic E-state index is 13.6. The van der Waals surface area contributed by atoms with E-state index in [0.29, 0.717) is 23.4 Å². The van der Waals surface area contributed by atoms with E-state index in [2.05, 4.69) is 9.97 Å². The maximum Gasteiger partial charge on any atom is 0.143 e. The van der Waals surface area contributed by atoms with Crippen LogP contribution in [0.2, 0.25) is 0 Å². The van der Waals surface area contributed by atoms with Gasteiger partial charge in [-0.1, -0.05) is 0 Å². The molecule has 3 aromatic rings. The Morgan fingerprint density at radius 2 is 2.04 bits per heavy atom. The number of aliphatic hydroxyl groups is 2. The first-order valence-electron chi connectivity index (χ1n) is 9.22. The van der Waals surface area contributed by atoms with Crippen LogP contribution in [0, 0.1) is 12.7 Å². The van der Waals surface area contributed by atoms with Gasteiger partial charge in [-0.2, -0.15) is 0 Å². The Balaban J connectivity index is 1.63. The average molecular weight is 386 g/mol. The van der Waals surface area contributed by atoms with Crippen molar-refractivity contribution >= 4 is 11.0 Å². The Morgan fingerprint density at radius 1 is 1.25 bits per heavy atom. The van der Waals surface area contributed by atoms with E-state index in [1.807, 2.05) is 23.8 Å². The summed E-state index contributed by atoms with van der Waals surface area (Å²) in [5.41, 5.74) is 7.98. The van der Waals surface area contributed by atoms with Crippen molar-refractivity contribution in [3.05, 3.63) is 53.9 Å². The number of ether oxygens (including phenoxy) is 1. The van der Waals surface area contributed by atoms with Gasteiger partial charge in [0.05, 0.1) is 11.7 Å². The van der Waals surface area contributed by atoms with Gasteiger partial charge < -0.3 is 25.3 Å². The van der Waals surface area contributed by atoms with E-state index in [9.17, 15) is 14.6 Å². The standard InChI is InChI=1S/C20H23FN4O3/c1-10(22)14-7-12(21)3-4-16(14)28-17-8-15(18(26)19(17)27)25-6-5-13-11(2)23-9-24-20(13)25/h3-7,9-10,15,17-19,26-27H,8,22H2,1-2H3/t10-,15-,17+,18+,19-/m1/s1. The van der Waals surface area contributed by atoms with Gasteiger partial charge in [-0.25, -0.2) is 14.4 Å². The van der Waals surface area contributed by atoms with Crippen LogP contribution in [0.3, 0.4) is 0 Å². The lowest BCUT2D eigenvalue weighted by molar-refractivity contribution is -0.0166. The number of halogens is 1. The molecule has 148 valence electrons. The topological polar surface area (TPSA) is 106 Å². The van der Waals surface area contributed by atoms with Crippen molar-refractivity contribution in [1.82, 2.24) is 14.5 Å². The van der Waals surface area contributed by atoms with E-state index in [1.54, 1.807) is 6.92 Å². The fourth-order valence-electron chi connectivity index (χ4n) is 3.87. The highest BCUT2D eigenvalue weighted by Gasteiger charge is 2.44. The van der Waals surface area contributed by atoms with Gasteiger partial charge in [0, 0.05) is 29.6 Å². The molecule has 0 bridgehead atoms. The van der Waals surface area contributed by atoms with E-state index in [-0.39, 0.29) is 0 Å². The summed E-state index contributed by atoms with van der Waals surface area (Å²) in [5.74, 6) is 0.00206. The van der Waals surface area contributed by atoms with Crippen molar-refractivity contribution in [2.24, 2.45) is 5.73 Å². The zero-order valence-corrected chi connectivity index (χ0v) is 15.7. The molecule has 7 nitrogen and oxygen atoms in total. The number of nitrogens with zero attached hydrogens (tertiary/aromatic N) is 3. The van der Waals surface area contributed by atoms with Crippen molar-refractivity contribution in [3.63, 3.8) is 0 Å². The molecule has 4 N–H and O–H groups in total. The second-order valence-corrected chi connectivity index (χ2v) is 7.33. The molecule has 2 aromatic heterocycles. The predicted molar refractivity (Wildman–Crippen MR) is 101 cm³/mol. The van der Waals surface area contributed by atoms with Crippen LogP contribution in [0.25, 0.3) is 11.0 Å². The number of benzene rings is 1. The Kier molecular flexibility index (Phi) is 4.78. The molecule has 0 radical (unpaired) electrons. The Hall–Kier alpha value is -2.55. The molecule has 28 heavy (non-hydrogen) atoms. The van der Waals surface area contributed by atoms with Gasteiger partial charge in [-0.05, 0) is 38.1 Å². The molecular formula is C20H23FN4O3. The first kappa shape index (κ1) is 18.8. The quantitative estimate of drug-likeness (QED) is 0.633. The van der Waals surface area contributed by atoms with E-state index >= 15 is 0 Å². The first-order valence-corrected chi connectivity index (χ1v) is 9.22. The number of aliphatic hydroxyl groups excluding tert-OH is 2. The smallest absolute Gasteiger partial charge is 0.143 e. The average Bonchev–Trinajstić information content (AvgIpc) is 3.20. The van der Waals surface area contributed by atoms with Crippen LogP contribution in [0.5, 0.6) is 5.75 Å².